The monoisotopic (exact) mass is 244 g/mol. The highest BCUT2D eigenvalue weighted by molar-refractivity contribution is 5.29. The minimum atomic E-state index is 0.153. The van der Waals surface area contributed by atoms with Crippen LogP contribution in [0.15, 0.2) is 30.3 Å². The SMILES string of the molecule is Cc1cc(C)nc(Oc2ccc(CCO)cc2)n1. The number of nitrogens with zero attached hydrogens (tertiary/aromatic N) is 2. The third kappa shape index (κ3) is 3.28. The van der Waals surface area contributed by atoms with Crippen molar-refractivity contribution in [2.75, 3.05) is 6.61 Å². The topological polar surface area (TPSA) is 55.2 Å². The fraction of sp³-hybridized carbons (Fsp3) is 0.286. The van der Waals surface area contributed by atoms with Crippen molar-refractivity contribution in [1.82, 2.24) is 9.97 Å². The van der Waals surface area contributed by atoms with E-state index in [1.807, 2.05) is 44.2 Å². The molecular formula is C14H16N2O2. The summed E-state index contributed by atoms with van der Waals surface area (Å²) < 4.78 is 5.59. The summed E-state index contributed by atoms with van der Waals surface area (Å²) in [7, 11) is 0. The molecule has 0 bridgehead atoms. The Hall–Kier alpha value is -1.94. The van der Waals surface area contributed by atoms with Crippen LogP contribution in [-0.4, -0.2) is 21.7 Å². The van der Waals surface area contributed by atoms with Gasteiger partial charge in [0, 0.05) is 18.0 Å². The summed E-state index contributed by atoms with van der Waals surface area (Å²) in [4.78, 5) is 8.43. The fourth-order valence-corrected chi connectivity index (χ4v) is 1.70. The molecule has 1 heterocycles. The molecular weight excluding hydrogens is 228 g/mol. The largest absolute Gasteiger partial charge is 0.424 e. The molecule has 1 aromatic carbocycles. The van der Waals surface area contributed by atoms with Crippen molar-refractivity contribution in [2.45, 2.75) is 20.3 Å². The van der Waals surface area contributed by atoms with Crippen LogP contribution in [0.25, 0.3) is 0 Å². The molecule has 0 saturated carbocycles. The maximum absolute atomic E-state index is 8.83. The van der Waals surface area contributed by atoms with Crippen molar-refractivity contribution < 1.29 is 9.84 Å². The van der Waals surface area contributed by atoms with Gasteiger partial charge in [0.1, 0.15) is 5.75 Å². The molecule has 0 saturated heterocycles. The highest BCUT2D eigenvalue weighted by Gasteiger charge is 2.02. The minimum absolute atomic E-state index is 0.153. The van der Waals surface area contributed by atoms with Gasteiger partial charge in [0.25, 0.3) is 0 Å². The van der Waals surface area contributed by atoms with Crippen molar-refractivity contribution in [3.63, 3.8) is 0 Å². The second kappa shape index (κ2) is 5.60. The average Bonchev–Trinajstić information content (AvgIpc) is 2.31. The van der Waals surface area contributed by atoms with E-state index in [-0.39, 0.29) is 6.61 Å². The van der Waals surface area contributed by atoms with Crippen molar-refractivity contribution in [3.8, 4) is 11.8 Å². The van der Waals surface area contributed by atoms with E-state index < -0.39 is 0 Å². The Balaban J connectivity index is 2.13. The molecule has 0 aliphatic carbocycles. The van der Waals surface area contributed by atoms with Gasteiger partial charge in [0.05, 0.1) is 0 Å². The second-order valence-corrected chi connectivity index (χ2v) is 4.15. The zero-order chi connectivity index (χ0) is 13.0. The lowest BCUT2D eigenvalue weighted by Gasteiger charge is -2.06. The predicted octanol–water partition coefficient (Wildman–Crippen LogP) is 2.42. The van der Waals surface area contributed by atoms with Gasteiger partial charge in [-0.05, 0) is 44.0 Å². The van der Waals surface area contributed by atoms with E-state index in [4.69, 9.17) is 9.84 Å². The van der Waals surface area contributed by atoms with Crippen LogP contribution in [-0.2, 0) is 6.42 Å². The lowest BCUT2D eigenvalue weighted by molar-refractivity contribution is 0.299. The van der Waals surface area contributed by atoms with Crippen LogP contribution in [0.3, 0.4) is 0 Å². The molecule has 0 atom stereocenters. The summed E-state index contributed by atoms with van der Waals surface area (Å²) in [6.07, 6.45) is 0.653. The quantitative estimate of drug-likeness (QED) is 0.897. The Morgan fingerprint density at radius 1 is 1.06 bits per heavy atom. The summed E-state index contributed by atoms with van der Waals surface area (Å²) in [5.41, 5.74) is 2.84. The lowest BCUT2D eigenvalue weighted by Crippen LogP contribution is -1.96. The van der Waals surface area contributed by atoms with Crippen molar-refractivity contribution in [2.24, 2.45) is 0 Å². The summed E-state index contributed by atoms with van der Waals surface area (Å²) in [5, 5.41) is 8.83. The smallest absolute Gasteiger partial charge is 0.322 e. The summed E-state index contributed by atoms with van der Waals surface area (Å²) in [5.74, 6) is 0.696. The van der Waals surface area contributed by atoms with Gasteiger partial charge >= 0.3 is 6.01 Å². The molecule has 18 heavy (non-hydrogen) atoms. The predicted molar refractivity (Wildman–Crippen MR) is 68.8 cm³/mol. The third-order valence-electron chi connectivity index (χ3n) is 2.49. The summed E-state index contributed by atoms with van der Waals surface area (Å²) in [6.45, 7) is 3.97. The van der Waals surface area contributed by atoms with E-state index in [2.05, 4.69) is 9.97 Å². The van der Waals surface area contributed by atoms with Crippen LogP contribution < -0.4 is 4.74 Å². The van der Waals surface area contributed by atoms with E-state index in [1.165, 1.54) is 0 Å². The highest BCUT2D eigenvalue weighted by atomic mass is 16.5. The van der Waals surface area contributed by atoms with Gasteiger partial charge in [0.2, 0.25) is 0 Å². The number of rotatable bonds is 4. The molecule has 94 valence electrons. The molecule has 0 aliphatic rings. The maximum atomic E-state index is 8.83. The molecule has 0 spiro atoms. The molecule has 2 aromatic rings. The third-order valence-corrected chi connectivity index (χ3v) is 2.49. The average molecular weight is 244 g/mol. The number of aliphatic hydroxyl groups excluding tert-OH is 1. The number of aliphatic hydroxyl groups is 1. The molecule has 1 aromatic heterocycles. The van der Waals surface area contributed by atoms with Crippen LogP contribution in [0, 0.1) is 13.8 Å². The molecule has 0 aliphatic heterocycles. The number of hydrogen-bond acceptors (Lipinski definition) is 4. The Labute approximate surface area is 106 Å². The summed E-state index contributed by atoms with van der Waals surface area (Å²) >= 11 is 0. The van der Waals surface area contributed by atoms with E-state index in [1.54, 1.807) is 0 Å². The number of benzene rings is 1. The molecule has 4 heteroatoms. The van der Waals surface area contributed by atoms with Crippen LogP contribution in [0.4, 0.5) is 0 Å². The molecule has 2 rings (SSSR count). The van der Waals surface area contributed by atoms with Gasteiger partial charge < -0.3 is 9.84 Å². The Bertz CT molecular complexity index is 504. The van der Waals surface area contributed by atoms with Crippen LogP contribution in [0.1, 0.15) is 17.0 Å². The zero-order valence-electron chi connectivity index (χ0n) is 10.6. The van der Waals surface area contributed by atoms with Crippen molar-refractivity contribution >= 4 is 0 Å². The zero-order valence-corrected chi connectivity index (χ0v) is 10.6. The van der Waals surface area contributed by atoms with Gasteiger partial charge in [-0.1, -0.05) is 12.1 Å². The molecule has 4 nitrogen and oxygen atoms in total. The van der Waals surface area contributed by atoms with Crippen LogP contribution in [0.5, 0.6) is 11.8 Å². The number of ether oxygens (including phenoxy) is 1. The van der Waals surface area contributed by atoms with Crippen molar-refractivity contribution in [3.05, 3.63) is 47.3 Å². The normalized spacial score (nSPS) is 10.4. The molecule has 0 unspecified atom stereocenters. The van der Waals surface area contributed by atoms with E-state index >= 15 is 0 Å². The first-order valence-electron chi connectivity index (χ1n) is 5.87. The Morgan fingerprint density at radius 3 is 2.22 bits per heavy atom. The van der Waals surface area contributed by atoms with Crippen molar-refractivity contribution in [1.29, 1.82) is 0 Å². The first-order valence-corrected chi connectivity index (χ1v) is 5.87. The van der Waals surface area contributed by atoms with E-state index in [0.717, 1.165) is 17.0 Å². The van der Waals surface area contributed by atoms with Gasteiger partial charge in [0.15, 0.2) is 0 Å². The fourth-order valence-electron chi connectivity index (χ4n) is 1.70. The molecule has 0 fully saturated rings. The van der Waals surface area contributed by atoms with E-state index in [0.29, 0.717) is 18.2 Å². The number of hydrogen-bond donors (Lipinski definition) is 1. The molecule has 1 N–H and O–H groups in total. The molecule has 0 amide bonds. The van der Waals surface area contributed by atoms with Gasteiger partial charge in [-0.2, -0.15) is 0 Å². The van der Waals surface area contributed by atoms with Gasteiger partial charge in [-0.25, -0.2) is 9.97 Å². The minimum Gasteiger partial charge on any atom is -0.424 e. The Morgan fingerprint density at radius 2 is 1.67 bits per heavy atom. The highest BCUT2D eigenvalue weighted by Crippen LogP contribution is 2.19. The Kier molecular flexibility index (Phi) is 3.89. The number of aryl methyl sites for hydroxylation is 2. The van der Waals surface area contributed by atoms with Crippen LogP contribution >= 0.6 is 0 Å². The first kappa shape index (κ1) is 12.5. The maximum Gasteiger partial charge on any atom is 0.322 e. The standard InChI is InChI=1S/C14H16N2O2/c1-10-9-11(2)16-14(15-10)18-13-5-3-12(4-6-13)7-8-17/h3-6,9,17H,7-8H2,1-2H3. The van der Waals surface area contributed by atoms with Gasteiger partial charge in [-0.3, -0.25) is 0 Å². The van der Waals surface area contributed by atoms with Crippen LogP contribution in [0.2, 0.25) is 0 Å². The second-order valence-electron chi connectivity index (χ2n) is 4.15. The lowest BCUT2D eigenvalue weighted by atomic mass is 10.1. The number of aromatic nitrogens is 2. The van der Waals surface area contributed by atoms with Gasteiger partial charge in [-0.15, -0.1) is 0 Å². The first-order chi connectivity index (χ1) is 8.67. The van der Waals surface area contributed by atoms with E-state index in [9.17, 15) is 0 Å². The summed E-state index contributed by atoms with van der Waals surface area (Å²) in [6, 6.07) is 9.82. The molecule has 0 radical (unpaired) electrons.